The third kappa shape index (κ3) is 2.72. The Hall–Kier alpha value is -1.84. The molecule has 0 aliphatic heterocycles. The quantitative estimate of drug-likeness (QED) is 0.509. The molecule has 4 heteroatoms. The summed E-state index contributed by atoms with van der Waals surface area (Å²) in [5, 5.41) is 19.8. The van der Waals surface area contributed by atoms with Crippen LogP contribution in [0.3, 0.4) is 0 Å². The van der Waals surface area contributed by atoms with Gasteiger partial charge in [-0.05, 0) is 146 Å². The van der Waals surface area contributed by atoms with Gasteiger partial charge in [-0.2, -0.15) is 0 Å². The van der Waals surface area contributed by atoms with Gasteiger partial charge < -0.3 is 10.2 Å². The van der Waals surface area contributed by atoms with E-state index in [9.17, 15) is 19.8 Å². The molecule has 0 heterocycles. The van der Waals surface area contributed by atoms with Gasteiger partial charge in [0.05, 0.1) is 11.1 Å². The molecule has 4 unspecified atom stereocenters. The van der Waals surface area contributed by atoms with Crippen LogP contribution in [0.25, 0.3) is 0 Å². The van der Waals surface area contributed by atoms with Crippen LogP contribution in [-0.2, 0) is 5.41 Å². The van der Waals surface area contributed by atoms with E-state index in [1.807, 2.05) is 0 Å². The van der Waals surface area contributed by atoms with Gasteiger partial charge in [0.1, 0.15) is 0 Å². The normalized spacial score (nSPS) is 50.0. The molecule has 0 aromatic heterocycles. The van der Waals surface area contributed by atoms with Crippen LogP contribution >= 0.6 is 0 Å². The topological polar surface area (TPSA) is 74.6 Å². The highest BCUT2D eigenvalue weighted by Crippen LogP contribution is 2.80. The largest absolute Gasteiger partial charge is 0.478 e. The average molecular weight is 463 g/mol. The summed E-state index contributed by atoms with van der Waals surface area (Å²) in [5.41, 5.74) is 2.88. The molecule has 8 saturated carbocycles. The molecular formula is C30H38O4. The van der Waals surface area contributed by atoms with Crippen LogP contribution in [0.5, 0.6) is 0 Å². The Morgan fingerprint density at radius 3 is 1.91 bits per heavy atom. The summed E-state index contributed by atoms with van der Waals surface area (Å²) in [7, 11) is 0. The van der Waals surface area contributed by atoms with Gasteiger partial charge in [0, 0.05) is 0 Å². The molecule has 8 aliphatic rings. The first-order chi connectivity index (χ1) is 16.0. The summed E-state index contributed by atoms with van der Waals surface area (Å²) in [6.45, 7) is 5.14. The predicted molar refractivity (Wildman–Crippen MR) is 129 cm³/mol. The van der Waals surface area contributed by atoms with Crippen LogP contribution < -0.4 is 0 Å². The van der Waals surface area contributed by atoms with Crippen molar-refractivity contribution in [2.24, 2.45) is 39.4 Å². The lowest BCUT2D eigenvalue weighted by atomic mass is 9.29. The van der Waals surface area contributed by atoms with E-state index in [4.69, 9.17) is 0 Å². The second-order valence-corrected chi connectivity index (χ2v) is 14.8. The van der Waals surface area contributed by atoms with E-state index in [1.54, 1.807) is 12.1 Å². The van der Waals surface area contributed by atoms with Crippen LogP contribution in [0.4, 0.5) is 0 Å². The molecule has 8 fully saturated rings. The number of benzene rings is 1. The molecule has 182 valence electrons. The highest BCUT2D eigenvalue weighted by molar-refractivity contribution is 5.93. The highest BCUT2D eigenvalue weighted by atomic mass is 16.4. The molecule has 9 rings (SSSR count). The summed E-state index contributed by atoms with van der Waals surface area (Å²) in [6, 6.07) is 4.79. The minimum atomic E-state index is -0.959. The van der Waals surface area contributed by atoms with Gasteiger partial charge in [0.2, 0.25) is 0 Å². The Balaban J connectivity index is 1.38. The van der Waals surface area contributed by atoms with Gasteiger partial charge in [0.25, 0.3) is 0 Å². The van der Waals surface area contributed by atoms with Gasteiger partial charge in [0.15, 0.2) is 0 Å². The number of carboxylic acids is 2. The first-order valence-electron chi connectivity index (χ1n) is 13.6. The minimum absolute atomic E-state index is 0.172. The van der Waals surface area contributed by atoms with E-state index in [1.165, 1.54) is 63.9 Å². The van der Waals surface area contributed by atoms with E-state index >= 15 is 0 Å². The SMILES string of the molecule is CC12CC3CC(C)(C1)CC(C14CC5CC(CC(c6cc(C(=O)O)ccc6C(=O)O)(C5)C1)C4)(C3)C2. The fourth-order valence-electron chi connectivity index (χ4n) is 12.5. The molecule has 8 bridgehead atoms. The highest BCUT2D eigenvalue weighted by Gasteiger charge is 2.71. The molecule has 4 atom stereocenters. The van der Waals surface area contributed by atoms with Crippen LogP contribution in [0, 0.1) is 39.4 Å². The summed E-state index contributed by atoms with van der Waals surface area (Å²) < 4.78 is 0. The summed E-state index contributed by atoms with van der Waals surface area (Å²) in [5.74, 6) is 0.307. The first kappa shape index (κ1) is 21.4. The Kier molecular flexibility index (Phi) is 3.96. The van der Waals surface area contributed by atoms with Crippen molar-refractivity contribution in [2.45, 2.75) is 96.3 Å². The second kappa shape index (κ2) is 6.28. The molecular weight excluding hydrogens is 424 g/mol. The van der Waals surface area contributed by atoms with Crippen molar-refractivity contribution < 1.29 is 19.8 Å². The van der Waals surface area contributed by atoms with Crippen molar-refractivity contribution in [2.75, 3.05) is 0 Å². The third-order valence-corrected chi connectivity index (χ3v) is 11.9. The maximum atomic E-state index is 12.3. The van der Waals surface area contributed by atoms with Crippen molar-refractivity contribution >= 4 is 11.9 Å². The smallest absolute Gasteiger partial charge is 0.335 e. The van der Waals surface area contributed by atoms with Crippen molar-refractivity contribution in [1.82, 2.24) is 0 Å². The van der Waals surface area contributed by atoms with Crippen molar-refractivity contribution in [1.29, 1.82) is 0 Å². The molecule has 2 N–H and O–H groups in total. The van der Waals surface area contributed by atoms with Gasteiger partial charge in [-0.3, -0.25) is 0 Å². The molecule has 0 spiro atoms. The Bertz CT molecular complexity index is 1080. The van der Waals surface area contributed by atoms with E-state index in [0.29, 0.717) is 39.1 Å². The number of hydrogen-bond donors (Lipinski definition) is 2. The summed E-state index contributed by atoms with van der Waals surface area (Å²) in [6.07, 6.45) is 15.4. The summed E-state index contributed by atoms with van der Waals surface area (Å²) in [4.78, 5) is 24.2. The maximum absolute atomic E-state index is 12.3. The van der Waals surface area contributed by atoms with E-state index in [2.05, 4.69) is 13.8 Å². The average Bonchev–Trinajstić information content (AvgIpc) is 2.69. The fourth-order valence-corrected chi connectivity index (χ4v) is 12.5. The Labute approximate surface area is 202 Å². The molecule has 0 radical (unpaired) electrons. The van der Waals surface area contributed by atoms with Crippen LogP contribution in [0.1, 0.15) is 117 Å². The third-order valence-electron chi connectivity index (χ3n) is 11.9. The number of hydrogen-bond acceptors (Lipinski definition) is 2. The zero-order chi connectivity index (χ0) is 23.7. The molecule has 0 amide bonds. The van der Waals surface area contributed by atoms with Gasteiger partial charge in [-0.15, -0.1) is 0 Å². The van der Waals surface area contributed by atoms with E-state index in [0.717, 1.165) is 30.7 Å². The molecule has 1 aromatic rings. The Morgan fingerprint density at radius 2 is 1.35 bits per heavy atom. The van der Waals surface area contributed by atoms with Crippen molar-refractivity contribution in [3.63, 3.8) is 0 Å². The molecule has 0 saturated heterocycles. The Morgan fingerprint density at radius 1 is 0.735 bits per heavy atom. The van der Waals surface area contributed by atoms with Gasteiger partial charge in [-0.1, -0.05) is 13.8 Å². The van der Waals surface area contributed by atoms with Crippen LogP contribution in [-0.4, -0.2) is 22.2 Å². The minimum Gasteiger partial charge on any atom is -0.478 e. The monoisotopic (exact) mass is 462 g/mol. The van der Waals surface area contributed by atoms with Gasteiger partial charge >= 0.3 is 11.9 Å². The lowest BCUT2D eigenvalue weighted by Crippen LogP contribution is -2.66. The number of carbonyl (C=O) groups is 2. The number of aromatic carboxylic acids is 2. The molecule has 4 nitrogen and oxygen atoms in total. The van der Waals surface area contributed by atoms with E-state index < -0.39 is 11.9 Å². The summed E-state index contributed by atoms with van der Waals surface area (Å²) >= 11 is 0. The zero-order valence-corrected chi connectivity index (χ0v) is 20.7. The van der Waals surface area contributed by atoms with Crippen LogP contribution in [0.15, 0.2) is 18.2 Å². The zero-order valence-electron chi connectivity index (χ0n) is 20.7. The molecule has 34 heavy (non-hydrogen) atoms. The molecule has 8 aliphatic carbocycles. The standard InChI is InChI=1S/C30H38O4/c1-26-7-20-8-27(2,14-26)16-30(13-20,15-26)29-11-18-5-19(12-29)10-28(9-18,17-29)23-6-21(24(31)32)3-4-22(23)25(33)34/h3-4,6,18-20H,5,7-17H2,1-2H3,(H,31,32)(H,33,34). The molecule has 1 aromatic carbocycles. The van der Waals surface area contributed by atoms with Crippen molar-refractivity contribution in [3.8, 4) is 0 Å². The lowest BCUT2D eigenvalue weighted by molar-refractivity contribution is -0.242. The fraction of sp³-hybridized carbons (Fsp3) is 0.733. The second-order valence-electron chi connectivity index (χ2n) is 14.8. The lowest BCUT2D eigenvalue weighted by Gasteiger charge is -2.75. The van der Waals surface area contributed by atoms with Crippen LogP contribution in [0.2, 0.25) is 0 Å². The predicted octanol–water partition coefficient (Wildman–Crippen LogP) is 6.92. The first-order valence-corrected chi connectivity index (χ1v) is 13.6. The number of carboxylic acid groups (broad SMARTS) is 2. The van der Waals surface area contributed by atoms with E-state index in [-0.39, 0.29) is 11.0 Å². The van der Waals surface area contributed by atoms with Crippen molar-refractivity contribution in [3.05, 3.63) is 34.9 Å². The van der Waals surface area contributed by atoms with Gasteiger partial charge in [-0.25, -0.2) is 9.59 Å². The number of rotatable bonds is 4. The maximum Gasteiger partial charge on any atom is 0.335 e.